The molecule has 3 aromatic rings. The Balaban J connectivity index is 1.34. The molecule has 0 aliphatic heterocycles. The highest BCUT2D eigenvalue weighted by Crippen LogP contribution is 2.25. The highest BCUT2D eigenvalue weighted by Gasteiger charge is 2.16. The number of aryl methyl sites for hydroxylation is 2. The van der Waals surface area contributed by atoms with Crippen molar-refractivity contribution in [3.05, 3.63) is 71.5 Å². The van der Waals surface area contributed by atoms with Gasteiger partial charge in [-0.1, -0.05) is 6.07 Å². The molecule has 0 saturated carbocycles. The number of rotatable bonds is 6. The molecule has 7 heteroatoms. The van der Waals surface area contributed by atoms with Crippen molar-refractivity contribution in [2.45, 2.75) is 25.7 Å². The molecule has 7 nitrogen and oxygen atoms in total. The van der Waals surface area contributed by atoms with Gasteiger partial charge in [0.15, 0.2) is 12.4 Å². The number of nitrogens with one attached hydrogen (secondary N) is 1. The van der Waals surface area contributed by atoms with E-state index in [0.717, 1.165) is 36.9 Å². The number of pyridine rings is 2. The van der Waals surface area contributed by atoms with Crippen LogP contribution in [-0.4, -0.2) is 22.5 Å². The van der Waals surface area contributed by atoms with Crippen LogP contribution in [0.3, 0.4) is 0 Å². The fraction of sp³-hybridized carbons (Fsp3) is 0.217. The summed E-state index contributed by atoms with van der Waals surface area (Å²) < 4.78 is 11.2. The lowest BCUT2D eigenvalue weighted by atomic mass is 9.95. The molecule has 1 aromatic carbocycles. The van der Waals surface area contributed by atoms with E-state index in [-0.39, 0.29) is 12.5 Å². The second-order valence-corrected chi connectivity index (χ2v) is 6.89. The van der Waals surface area contributed by atoms with E-state index < -0.39 is 0 Å². The highest BCUT2D eigenvalue weighted by molar-refractivity contribution is 5.92. The van der Waals surface area contributed by atoms with Crippen LogP contribution in [0.25, 0.3) is 0 Å². The minimum Gasteiger partial charge on any atom is -0.484 e. The van der Waals surface area contributed by atoms with Gasteiger partial charge in [-0.05, 0) is 67.6 Å². The van der Waals surface area contributed by atoms with Gasteiger partial charge >= 0.3 is 0 Å². The molecule has 1 aliphatic rings. The van der Waals surface area contributed by atoms with E-state index in [4.69, 9.17) is 9.47 Å². The van der Waals surface area contributed by atoms with Gasteiger partial charge in [0.05, 0.1) is 5.56 Å². The maximum Gasteiger partial charge on any atom is 0.263 e. The van der Waals surface area contributed by atoms with Crippen molar-refractivity contribution in [3.8, 4) is 23.4 Å². The topological polar surface area (TPSA) is 97.1 Å². The van der Waals surface area contributed by atoms with E-state index in [1.807, 2.05) is 18.2 Å². The molecule has 150 valence electrons. The predicted octanol–water partition coefficient (Wildman–Crippen LogP) is 4.04. The monoisotopic (exact) mass is 400 g/mol. The predicted molar refractivity (Wildman–Crippen MR) is 110 cm³/mol. The lowest BCUT2D eigenvalue weighted by Crippen LogP contribution is -2.22. The Hall–Kier alpha value is -3.92. The Kier molecular flexibility index (Phi) is 5.85. The Morgan fingerprint density at radius 2 is 1.90 bits per heavy atom. The van der Waals surface area contributed by atoms with E-state index in [1.165, 1.54) is 0 Å². The molecule has 0 spiro atoms. The number of nitriles is 1. The van der Waals surface area contributed by atoms with Gasteiger partial charge in [-0.3, -0.25) is 4.79 Å². The second kappa shape index (κ2) is 9.05. The van der Waals surface area contributed by atoms with E-state index in [2.05, 4.69) is 21.4 Å². The molecular formula is C23H20N4O3. The van der Waals surface area contributed by atoms with Gasteiger partial charge in [0, 0.05) is 18.0 Å². The maximum atomic E-state index is 12.3. The smallest absolute Gasteiger partial charge is 0.263 e. The maximum absolute atomic E-state index is 12.3. The van der Waals surface area contributed by atoms with Crippen LogP contribution in [-0.2, 0) is 17.6 Å². The molecule has 30 heavy (non-hydrogen) atoms. The first-order valence-corrected chi connectivity index (χ1v) is 9.76. The number of fused-ring (bicyclic) bond motifs is 1. The number of carbonyl (C=O) groups excluding carboxylic acids is 1. The van der Waals surface area contributed by atoms with Crippen LogP contribution >= 0.6 is 0 Å². The highest BCUT2D eigenvalue weighted by atomic mass is 16.5. The number of nitrogens with zero attached hydrogens (tertiary/aromatic N) is 3. The van der Waals surface area contributed by atoms with Crippen LogP contribution in [0, 0.1) is 11.3 Å². The first kappa shape index (κ1) is 19.4. The van der Waals surface area contributed by atoms with Gasteiger partial charge in [-0.15, -0.1) is 0 Å². The van der Waals surface area contributed by atoms with Crippen molar-refractivity contribution in [3.63, 3.8) is 0 Å². The van der Waals surface area contributed by atoms with Crippen LogP contribution in [0.4, 0.5) is 5.82 Å². The molecule has 0 bridgehead atoms. The lowest BCUT2D eigenvalue weighted by Gasteiger charge is -2.17. The second-order valence-electron chi connectivity index (χ2n) is 6.89. The van der Waals surface area contributed by atoms with E-state index in [1.54, 1.807) is 36.5 Å². The van der Waals surface area contributed by atoms with Crippen LogP contribution < -0.4 is 14.8 Å². The fourth-order valence-electron chi connectivity index (χ4n) is 3.26. The summed E-state index contributed by atoms with van der Waals surface area (Å²) in [4.78, 5) is 20.9. The standard InChI is InChI=1S/C23H20N4O3/c24-14-17-13-16-5-1-2-6-20(16)26-23(17)27-21(28)15-29-18-8-10-19(11-9-18)30-22-7-3-4-12-25-22/h3-4,7-13H,1-2,5-6,15H2,(H,26,27,28). The van der Waals surface area contributed by atoms with Crippen molar-refractivity contribution in [1.29, 1.82) is 5.26 Å². The van der Waals surface area contributed by atoms with Crippen molar-refractivity contribution < 1.29 is 14.3 Å². The molecule has 1 amide bonds. The molecule has 1 aliphatic carbocycles. The molecule has 0 saturated heterocycles. The summed E-state index contributed by atoms with van der Waals surface area (Å²) in [6.45, 7) is -0.190. The first-order valence-electron chi connectivity index (χ1n) is 9.76. The molecule has 1 N–H and O–H groups in total. The Bertz CT molecular complexity index is 1080. The Labute approximate surface area is 174 Å². The number of ether oxygens (including phenoxy) is 2. The van der Waals surface area contributed by atoms with Crippen LogP contribution in [0.15, 0.2) is 54.7 Å². The van der Waals surface area contributed by atoms with Crippen molar-refractivity contribution >= 4 is 11.7 Å². The fourth-order valence-corrected chi connectivity index (χ4v) is 3.26. The number of amides is 1. The summed E-state index contributed by atoms with van der Waals surface area (Å²) in [6, 6.07) is 16.3. The third kappa shape index (κ3) is 4.73. The van der Waals surface area contributed by atoms with Crippen LogP contribution in [0.1, 0.15) is 29.7 Å². The lowest BCUT2D eigenvalue weighted by molar-refractivity contribution is -0.118. The molecular weight excluding hydrogens is 380 g/mol. The normalized spacial score (nSPS) is 12.4. The van der Waals surface area contributed by atoms with Crippen LogP contribution in [0.5, 0.6) is 17.4 Å². The van der Waals surface area contributed by atoms with E-state index >= 15 is 0 Å². The first-order chi connectivity index (χ1) is 14.7. The molecule has 2 aromatic heterocycles. The minimum atomic E-state index is -0.372. The van der Waals surface area contributed by atoms with Crippen molar-refractivity contribution in [1.82, 2.24) is 9.97 Å². The van der Waals surface area contributed by atoms with Gasteiger partial charge in [0.1, 0.15) is 17.6 Å². The molecule has 0 atom stereocenters. The van der Waals surface area contributed by atoms with E-state index in [0.29, 0.717) is 28.8 Å². The number of anilines is 1. The molecule has 0 unspecified atom stereocenters. The van der Waals surface area contributed by atoms with Gasteiger partial charge in [-0.25, -0.2) is 9.97 Å². The largest absolute Gasteiger partial charge is 0.484 e. The zero-order chi connectivity index (χ0) is 20.8. The summed E-state index contributed by atoms with van der Waals surface area (Å²) in [6.07, 6.45) is 5.62. The number of aromatic nitrogens is 2. The molecule has 0 radical (unpaired) electrons. The number of hydrogen-bond acceptors (Lipinski definition) is 6. The molecule has 2 heterocycles. The average Bonchev–Trinajstić information content (AvgIpc) is 2.79. The third-order valence-electron chi connectivity index (χ3n) is 4.73. The summed E-state index contributed by atoms with van der Waals surface area (Å²) in [5.41, 5.74) is 2.43. The van der Waals surface area contributed by atoms with Crippen molar-refractivity contribution in [2.24, 2.45) is 0 Å². The number of carbonyl (C=O) groups is 1. The Morgan fingerprint density at radius 1 is 1.10 bits per heavy atom. The van der Waals surface area contributed by atoms with Crippen LogP contribution in [0.2, 0.25) is 0 Å². The number of hydrogen-bond donors (Lipinski definition) is 1. The SMILES string of the molecule is N#Cc1cc2c(nc1NC(=O)COc1ccc(Oc3ccccn3)cc1)CCCC2. The zero-order valence-electron chi connectivity index (χ0n) is 16.3. The quantitative estimate of drug-likeness (QED) is 0.671. The summed E-state index contributed by atoms with van der Waals surface area (Å²) >= 11 is 0. The summed E-state index contributed by atoms with van der Waals surface area (Å²) in [5, 5.41) is 12.1. The Morgan fingerprint density at radius 3 is 2.67 bits per heavy atom. The average molecular weight is 400 g/mol. The van der Waals surface area contributed by atoms with Gasteiger partial charge in [0.2, 0.25) is 5.88 Å². The third-order valence-corrected chi connectivity index (χ3v) is 4.73. The minimum absolute atomic E-state index is 0.190. The van der Waals surface area contributed by atoms with Gasteiger partial charge in [0.25, 0.3) is 5.91 Å². The zero-order valence-corrected chi connectivity index (χ0v) is 16.3. The van der Waals surface area contributed by atoms with Crippen molar-refractivity contribution in [2.75, 3.05) is 11.9 Å². The number of benzene rings is 1. The molecule has 0 fully saturated rings. The van der Waals surface area contributed by atoms with Gasteiger partial charge in [-0.2, -0.15) is 5.26 Å². The van der Waals surface area contributed by atoms with Gasteiger partial charge < -0.3 is 14.8 Å². The van der Waals surface area contributed by atoms with E-state index in [9.17, 15) is 10.1 Å². The molecule has 4 rings (SSSR count). The summed E-state index contributed by atoms with van der Waals surface area (Å²) in [7, 11) is 0. The summed E-state index contributed by atoms with van der Waals surface area (Å²) in [5.74, 6) is 1.56.